The minimum atomic E-state index is -1.38. The van der Waals surface area contributed by atoms with E-state index in [0.29, 0.717) is 19.5 Å². The van der Waals surface area contributed by atoms with E-state index in [1.807, 2.05) is 91.0 Å². The third-order valence-electron chi connectivity index (χ3n) is 5.44. The van der Waals surface area contributed by atoms with Gasteiger partial charge in [0.2, 0.25) is 5.91 Å². The summed E-state index contributed by atoms with van der Waals surface area (Å²) in [6.45, 7) is 1.47. The van der Waals surface area contributed by atoms with Crippen LogP contribution in [0.5, 0.6) is 0 Å². The molecule has 0 radical (unpaired) electrons. The van der Waals surface area contributed by atoms with Crippen LogP contribution in [-0.2, 0) is 20.8 Å². The van der Waals surface area contributed by atoms with E-state index in [1.54, 1.807) is 0 Å². The second-order valence-electron chi connectivity index (χ2n) is 8.31. The lowest BCUT2D eigenvalue weighted by atomic mass is 10.1. The first kappa shape index (κ1) is 27.6. The topological polar surface area (TPSA) is 111 Å². The van der Waals surface area contributed by atoms with Crippen LogP contribution in [0.25, 0.3) is 0 Å². The zero-order valence-electron chi connectivity index (χ0n) is 20.5. The Kier molecular flexibility index (Phi) is 11.3. The summed E-state index contributed by atoms with van der Waals surface area (Å²) in [7, 11) is 0. The molecule has 0 aliphatic carbocycles. The van der Waals surface area contributed by atoms with Gasteiger partial charge in [-0.15, -0.1) is 0 Å². The minimum absolute atomic E-state index is 0.275. The predicted molar refractivity (Wildman–Crippen MR) is 151 cm³/mol. The van der Waals surface area contributed by atoms with Crippen molar-refractivity contribution in [2.45, 2.75) is 17.7 Å². The fraction of sp³-hybridized carbons (Fsp3) is 0.250. The second-order valence-corrected chi connectivity index (χ2v) is 8.94. The van der Waals surface area contributed by atoms with E-state index < -0.39 is 29.0 Å². The molecule has 37 heavy (non-hydrogen) atoms. The maximum atomic E-state index is 12.9. The standard InChI is InChI=1S/C28H33N5O3S/c34-26(24(37)20-21-10-4-1-5-11-21)33-25(27(35)31-18-16-29-22-12-6-2-7-13-22)28(36)32-19-17-30-23-14-8-3-9-15-23/h1-15,24-25,29-30,37H,16-20H2,(H,31,35)(H,32,36)(H,33,34)/t24-/m0/s1. The van der Waals surface area contributed by atoms with Crippen LogP contribution < -0.4 is 26.6 Å². The monoisotopic (exact) mass is 519 g/mol. The number of para-hydroxylation sites is 2. The lowest BCUT2D eigenvalue weighted by Gasteiger charge is -2.20. The quantitative estimate of drug-likeness (QED) is 0.111. The highest BCUT2D eigenvalue weighted by atomic mass is 32.1. The number of nitrogens with one attached hydrogen (secondary N) is 5. The molecule has 0 spiro atoms. The highest BCUT2D eigenvalue weighted by Crippen LogP contribution is 2.09. The molecular formula is C28H33N5O3S. The molecule has 0 fully saturated rings. The molecule has 0 bridgehead atoms. The summed E-state index contributed by atoms with van der Waals surface area (Å²) in [5.41, 5.74) is 2.77. The number of carbonyl (C=O) groups excluding carboxylic acids is 3. The Hall–Kier alpha value is -3.98. The van der Waals surface area contributed by atoms with Gasteiger partial charge in [0.1, 0.15) is 0 Å². The Morgan fingerprint density at radius 1 is 0.595 bits per heavy atom. The maximum absolute atomic E-state index is 12.9. The Labute approximate surface area is 223 Å². The van der Waals surface area contributed by atoms with Crippen molar-refractivity contribution in [1.82, 2.24) is 16.0 Å². The number of anilines is 2. The highest BCUT2D eigenvalue weighted by molar-refractivity contribution is 7.81. The number of rotatable bonds is 14. The van der Waals surface area contributed by atoms with Crippen LogP contribution >= 0.6 is 12.6 Å². The van der Waals surface area contributed by atoms with Gasteiger partial charge in [-0.05, 0) is 36.2 Å². The number of benzene rings is 3. The summed E-state index contributed by atoms with van der Waals surface area (Å²) < 4.78 is 0. The lowest BCUT2D eigenvalue weighted by Crippen LogP contribution is -2.57. The molecule has 3 amide bonds. The van der Waals surface area contributed by atoms with Crippen LogP contribution in [0.1, 0.15) is 5.56 Å². The molecule has 3 rings (SSSR count). The summed E-state index contributed by atoms with van der Waals surface area (Å²) >= 11 is 4.40. The first-order valence-corrected chi connectivity index (χ1v) is 12.7. The molecule has 194 valence electrons. The van der Waals surface area contributed by atoms with E-state index in [1.165, 1.54) is 0 Å². The molecule has 5 N–H and O–H groups in total. The molecular weight excluding hydrogens is 486 g/mol. The van der Waals surface area contributed by atoms with E-state index >= 15 is 0 Å². The number of hydrogen-bond acceptors (Lipinski definition) is 6. The predicted octanol–water partition coefficient (Wildman–Crippen LogP) is 2.47. The van der Waals surface area contributed by atoms with Crippen molar-refractivity contribution in [2.24, 2.45) is 0 Å². The molecule has 3 aromatic rings. The van der Waals surface area contributed by atoms with Crippen molar-refractivity contribution in [3.05, 3.63) is 96.6 Å². The van der Waals surface area contributed by atoms with Gasteiger partial charge in [0, 0.05) is 37.6 Å². The van der Waals surface area contributed by atoms with Gasteiger partial charge >= 0.3 is 0 Å². The van der Waals surface area contributed by atoms with E-state index in [2.05, 4.69) is 39.2 Å². The highest BCUT2D eigenvalue weighted by Gasteiger charge is 2.30. The Morgan fingerprint density at radius 2 is 1.03 bits per heavy atom. The molecule has 0 heterocycles. The van der Waals surface area contributed by atoms with Gasteiger partial charge in [-0.25, -0.2) is 0 Å². The summed E-state index contributed by atoms with van der Waals surface area (Å²) in [5.74, 6) is -1.67. The third-order valence-corrected chi connectivity index (χ3v) is 5.86. The summed E-state index contributed by atoms with van der Waals surface area (Å²) in [5, 5.41) is 13.7. The van der Waals surface area contributed by atoms with Crippen molar-refractivity contribution in [1.29, 1.82) is 0 Å². The first-order chi connectivity index (χ1) is 18.0. The van der Waals surface area contributed by atoms with Gasteiger partial charge < -0.3 is 26.6 Å². The number of hydrogen-bond donors (Lipinski definition) is 6. The van der Waals surface area contributed by atoms with E-state index in [4.69, 9.17) is 0 Å². The number of amides is 3. The molecule has 0 unspecified atom stereocenters. The van der Waals surface area contributed by atoms with Gasteiger partial charge in [0.05, 0.1) is 5.25 Å². The zero-order chi connectivity index (χ0) is 26.3. The zero-order valence-corrected chi connectivity index (χ0v) is 21.4. The average Bonchev–Trinajstić information content (AvgIpc) is 2.93. The summed E-state index contributed by atoms with van der Waals surface area (Å²) in [4.78, 5) is 38.6. The van der Waals surface area contributed by atoms with Crippen molar-refractivity contribution in [3.63, 3.8) is 0 Å². The number of thiol groups is 1. The second kappa shape index (κ2) is 15.2. The third kappa shape index (κ3) is 9.89. The van der Waals surface area contributed by atoms with E-state index in [-0.39, 0.29) is 13.1 Å². The largest absolute Gasteiger partial charge is 0.383 e. The minimum Gasteiger partial charge on any atom is -0.383 e. The van der Waals surface area contributed by atoms with Gasteiger partial charge in [0.15, 0.2) is 6.04 Å². The van der Waals surface area contributed by atoms with Gasteiger partial charge in [0.25, 0.3) is 11.8 Å². The Bertz CT molecular complexity index is 1060. The van der Waals surface area contributed by atoms with Crippen LogP contribution in [0, 0.1) is 0 Å². The van der Waals surface area contributed by atoms with Crippen molar-refractivity contribution in [3.8, 4) is 0 Å². The molecule has 3 aromatic carbocycles. The molecule has 0 aliphatic rings. The van der Waals surface area contributed by atoms with Crippen molar-refractivity contribution >= 4 is 41.7 Å². The van der Waals surface area contributed by atoms with E-state index in [9.17, 15) is 14.4 Å². The fourth-order valence-electron chi connectivity index (χ4n) is 3.52. The Balaban J connectivity index is 1.53. The van der Waals surface area contributed by atoms with Crippen LogP contribution in [0.4, 0.5) is 11.4 Å². The van der Waals surface area contributed by atoms with Crippen LogP contribution in [-0.4, -0.2) is 55.2 Å². The van der Waals surface area contributed by atoms with Crippen LogP contribution in [0.15, 0.2) is 91.0 Å². The van der Waals surface area contributed by atoms with Crippen molar-refractivity contribution < 1.29 is 14.4 Å². The number of carbonyl (C=O) groups is 3. The van der Waals surface area contributed by atoms with Gasteiger partial charge in [-0.3, -0.25) is 14.4 Å². The molecule has 8 nitrogen and oxygen atoms in total. The molecule has 0 saturated carbocycles. The molecule has 9 heteroatoms. The summed E-state index contributed by atoms with van der Waals surface area (Å²) in [6, 6.07) is 27.2. The molecule has 0 aliphatic heterocycles. The average molecular weight is 520 g/mol. The van der Waals surface area contributed by atoms with Gasteiger partial charge in [-0.2, -0.15) is 12.6 Å². The van der Waals surface area contributed by atoms with Gasteiger partial charge in [-0.1, -0.05) is 66.7 Å². The fourth-order valence-corrected chi connectivity index (χ4v) is 3.81. The normalized spacial score (nSPS) is 11.3. The summed E-state index contributed by atoms with van der Waals surface area (Å²) in [6.07, 6.45) is 0.369. The smallest absolute Gasteiger partial charge is 0.252 e. The maximum Gasteiger partial charge on any atom is 0.252 e. The first-order valence-electron chi connectivity index (χ1n) is 12.2. The SMILES string of the molecule is O=C(NCCNc1ccccc1)C(NC(=O)[C@@H](S)Cc1ccccc1)C(=O)NCCNc1ccccc1. The van der Waals surface area contributed by atoms with Crippen LogP contribution in [0.3, 0.4) is 0 Å². The Morgan fingerprint density at radius 3 is 1.49 bits per heavy atom. The van der Waals surface area contributed by atoms with Crippen molar-refractivity contribution in [2.75, 3.05) is 36.8 Å². The van der Waals surface area contributed by atoms with Crippen LogP contribution in [0.2, 0.25) is 0 Å². The molecule has 0 saturated heterocycles. The molecule has 1 atom stereocenters. The van der Waals surface area contributed by atoms with E-state index in [0.717, 1.165) is 16.9 Å². The lowest BCUT2D eigenvalue weighted by molar-refractivity contribution is -0.136. The molecule has 0 aromatic heterocycles.